The van der Waals surface area contributed by atoms with Gasteiger partial charge >= 0.3 is 12.0 Å². The summed E-state index contributed by atoms with van der Waals surface area (Å²) in [6.07, 6.45) is 4.66. The van der Waals surface area contributed by atoms with Crippen molar-refractivity contribution in [3.05, 3.63) is 0 Å². The van der Waals surface area contributed by atoms with Crippen LogP contribution in [0.2, 0.25) is 0 Å². The van der Waals surface area contributed by atoms with Gasteiger partial charge in [-0.1, -0.05) is 40.0 Å². The lowest BCUT2D eigenvalue weighted by molar-refractivity contribution is -0.145. The molecule has 0 spiro atoms. The van der Waals surface area contributed by atoms with Gasteiger partial charge in [-0.05, 0) is 24.7 Å². The summed E-state index contributed by atoms with van der Waals surface area (Å²) < 4.78 is 0. The highest BCUT2D eigenvalue weighted by atomic mass is 16.4. The maximum absolute atomic E-state index is 11.8. The van der Waals surface area contributed by atoms with E-state index in [1.54, 1.807) is 0 Å². The predicted octanol–water partition coefficient (Wildman–Crippen LogP) is 2.51. The number of rotatable bonds is 4. The van der Waals surface area contributed by atoms with Gasteiger partial charge in [0.05, 0.1) is 0 Å². The van der Waals surface area contributed by atoms with E-state index in [0.717, 1.165) is 25.7 Å². The Balaban J connectivity index is 2.46. The van der Waals surface area contributed by atoms with Crippen LogP contribution < -0.4 is 10.6 Å². The molecule has 0 aromatic rings. The van der Waals surface area contributed by atoms with E-state index in [1.165, 1.54) is 0 Å². The van der Waals surface area contributed by atoms with Crippen LogP contribution >= 0.6 is 0 Å². The molecule has 3 N–H and O–H groups in total. The molecule has 0 aromatic heterocycles. The van der Waals surface area contributed by atoms with Gasteiger partial charge in [-0.15, -0.1) is 0 Å². The number of hydrogen-bond acceptors (Lipinski definition) is 2. The molecule has 1 aliphatic rings. The Morgan fingerprint density at radius 3 is 2.21 bits per heavy atom. The van der Waals surface area contributed by atoms with Gasteiger partial charge in [0.25, 0.3) is 0 Å². The first-order chi connectivity index (χ1) is 8.75. The largest absolute Gasteiger partial charge is 0.480 e. The number of carboxylic acids is 1. The van der Waals surface area contributed by atoms with Crippen LogP contribution in [0.5, 0.6) is 0 Å². The Hall–Kier alpha value is -1.26. The monoisotopic (exact) mass is 270 g/mol. The summed E-state index contributed by atoms with van der Waals surface area (Å²) in [7, 11) is 0. The fourth-order valence-corrected chi connectivity index (χ4v) is 2.36. The lowest BCUT2D eigenvalue weighted by atomic mass is 9.82. The summed E-state index contributed by atoms with van der Waals surface area (Å²) in [6, 6.07) is -0.367. The average molecular weight is 270 g/mol. The molecule has 1 rings (SSSR count). The Labute approximate surface area is 115 Å². The van der Waals surface area contributed by atoms with Crippen molar-refractivity contribution in [2.24, 2.45) is 5.41 Å². The molecule has 0 radical (unpaired) electrons. The minimum absolute atomic E-state index is 0.155. The lowest BCUT2D eigenvalue weighted by Crippen LogP contribution is -2.58. The minimum atomic E-state index is -1.07. The minimum Gasteiger partial charge on any atom is -0.480 e. The van der Waals surface area contributed by atoms with Crippen LogP contribution in [0.1, 0.15) is 59.3 Å². The summed E-state index contributed by atoms with van der Waals surface area (Å²) in [4.78, 5) is 23.2. The molecule has 1 saturated carbocycles. The van der Waals surface area contributed by atoms with Gasteiger partial charge in [0.2, 0.25) is 0 Å². The Morgan fingerprint density at radius 2 is 1.74 bits per heavy atom. The van der Waals surface area contributed by atoms with E-state index >= 15 is 0 Å². The van der Waals surface area contributed by atoms with Crippen molar-refractivity contribution in [2.75, 3.05) is 6.54 Å². The van der Waals surface area contributed by atoms with Crippen LogP contribution in [-0.2, 0) is 4.79 Å². The molecule has 0 saturated heterocycles. The Morgan fingerprint density at radius 1 is 1.16 bits per heavy atom. The highest BCUT2D eigenvalue weighted by Crippen LogP contribution is 2.28. The van der Waals surface area contributed by atoms with Gasteiger partial charge in [-0.25, -0.2) is 9.59 Å². The molecule has 0 heterocycles. The van der Waals surface area contributed by atoms with E-state index in [4.69, 9.17) is 0 Å². The lowest BCUT2D eigenvalue weighted by Gasteiger charge is -2.34. The van der Waals surface area contributed by atoms with Gasteiger partial charge in [0, 0.05) is 6.54 Å². The van der Waals surface area contributed by atoms with Crippen LogP contribution in [0.4, 0.5) is 4.79 Å². The van der Waals surface area contributed by atoms with Crippen LogP contribution in [-0.4, -0.2) is 29.2 Å². The first-order valence-corrected chi connectivity index (χ1v) is 7.05. The number of carboxylic acid groups (broad SMARTS) is 1. The van der Waals surface area contributed by atoms with Crippen molar-refractivity contribution in [3.8, 4) is 0 Å². The summed E-state index contributed by atoms with van der Waals surface area (Å²) in [5.74, 6) is -0.918. The van der Waals surface area contributed by atoms with Crippen LogP contribution in [0.3, 0.4) is 0 Å². The molecular formula is C14H26N2O3. The number of aliphatic carboxylic acids is 1. The summed E-state index contributed by atoms with van der Waals surface area (Å²) >= 11 is 0. The molecule has 110 valence electrons. The molecule has 0 bridgehead atoms. The zero-order valence-electron chi connectivity index (χ0n) is 12.2. The van der Waals surface area contributed by atoms with Gasteiger partial charge in [0.1, 0.15) is 5.54 Å². The molecule has 1 fully saturated rings. The number of hydrogen-bond donors (Lipinski definition) is 3. The van der Waals surface area contributed by atoms with Crippen molar-refractivity contribution in [2.45, 2.75) is 64.8 Å². The van der Waals surface area contributed by atoms with Gasteiger partial charge in [-0.3, -0.25) is 0 Å². The van der Waals surface area contributed by atoms with E-state index < -0.39 is 11.5 Å². The summed E-state index contributed by atoms with van der Waals surface area (Å²) in [5, 5.41) is 14.8. The number of amides is 2. The fourth-order valence-electron chi connectivity index (χ4n) is 2.36. The zero-order valence-corrected chi connectivity index (χ0v) is 12.2. The van der Waals surface area contributed by atoms with Crippen molar-refractivity contribution in [1.82, 2.24) is 10.6 Å². The molecule has 2 amide bonds. The molecule has 0 atom stereocenters. The quantitative estimate of drug-likeness (QED) is 0.734. The molecule has 19 heavy (non-hydrogen) atoms. The second-order valence-corrected chi connectivity index (χ2v) is 6.64. The SMILES string of the molecule is CC(C)(C)CCNC(=O)NC1(C(=O)O)CCCCC1. The molecule has 1 aliphatic carbocycles. The van der Waals surface area contributed by atoms with Gasteiger partial charge < -0.3 is 15.7 Å². The second-order valence-electron chi connectivity index (χ2n) is 6.64. The van der Waals surface area contributed by atoms with Crippen molar-refractivity contribution < 1.29 is 14.7 Å². The maximum atomic E-state index is 11.8. The van der Waals surface area contributed by atoms with Crippen molar-refractivity contribution >= 4 is 12.0 Å². The molecule has 0 aliphatic heterocycles. The summed E-state index contributed by atoms with van der Waals surface area (Å²) in [6.45, 7) is 6.87. The van der Waals surface area contributed by atoms with Crippen molar-refractivity contribution in [3.63, 3.8) is 0 Å². The molecule has 0 unspecified atom stereocenters. The van der Waals surface area contributed by atoms with E-state index in [0.29, 0.717) is 19.4 Å². The van der Waals surface area contributed by atoms with Gasteiger partial charge in [0.15, 0.2) is 0 Å². The second kappa shape index (κ2) is 6.26. The molecular weight excluding hydrogens is 244 g/mol. The fraction of sp³-hybridized carbons (Fsp3) is 0.857. The Kier molecular flexibility index (Phi) is 5.20. The van der Waals surface area contributed by atoms with E-state index in [-0.39, 0.29) is 11.4 Å². The first kappa shape index (κ1) is 15.8. The smallest absolute Gasteiger partial charge is 0.329 e. The maximum Gasteiger partial charge on any atom is 0.329 e. The number of carbonyl (C=O) groups excluding carboxylic acids is 1. The summed E-state index contributed by atoms with van der Waals surface area (Å²) in [5.41, 5.74) is -0.910. The van der Waals surface area contributed by atoms with E-state index in [9.17, 15) is 14.7 Å². The topological polar surface area (TPSA) is 78.4 Å². The highest BCUT2D eigenvalue weighted by molar-refractivity contribution is 5.86. The number of carbonyl (C=O) groups is 2. The molecule has 5 nitrogen and oxygen atoms in total. The van der Waals surface area contributed by atoms with Crippen LogP contribution in [0.25, 0.3) is 0 Å². The van der Waals surface area contributed by atoms with Crippen LogP contribution in [0, 0.1) is 5.41 Å². The average Bonchev–Trinajstić information content (AvgIpc) is 2.28. The zero-order chi connectivity index (χ0) is 14.5. The molecule has 5 heteroatoms. The number of urea groups is 1. The molecule has 0 aromatic carbocycles. The Bertz CT molecular complexity index is 328. The normalized spacial score (nSPS) is 18.7. The van der Waals surface area contributed by atoms with E-state index in [1.807, 2.05) is 0 Å². The standard InChI is InChI=1S/C14H26N2O3/c1-13(2,3)9-10-15-12(19)16-14(11(17)18)7-5-4-6-8-14/h4-10H2,1-3H3,(H,17,18)(H2,15,16,19). The number of nitrogens with one attached hydrogen (secondary N) is 2. The third-order valence-electron chi connectivity index (χ3n) is 3.63. The van der Waals surface area contributed by atoms with E-state index in [2.05, 4.69) is 31.4 Å². The highest BCUT2D eigenvalue weighted by Gasteiger charge is 2.40. The third kappa shape index (κ3) is 5.09. The van der Waals surface area contributed by atoms with Gasteiger partial charge in [-0.2, -0.15) is 0 Å². The van der Waals surface area contributed by atoms with Crippen molar-refractivity contribution in [1.29, 1.82) is 0 Å². The first-order valence-electron chi connectivity index (χ1n) is 7.05. The van der Waals surface area contributed by atoms with Crippen LogP contribution in [0.15, 0.2) is 0 Å². The predicted molar refractivity (Wildman–Crippen MR) is 74.1 cm³/mol. The third-order valence-corrected chi connectivity index (χ3v) is 3.63.